The van der Waals surface area contributed by atoms with E-state index in [-0.39, 0.29) is 5.91 Å². The smallest absolute Gasteiger partial charge is 0.246 e. The standard InChI is InChI=1S/C15H21N5O/c21-14(9-13(10-1-2-10)11-3-4-11)20-7-5-12(6-8-20)15-16-18-19-17-15/h9-12H,1-8H2,(H,16,17,18,19). The van der Waals surface area contributed by atoms with Gasteiger partial charge in [-0.05, 0) is 50.4 Å². The minimum atomic E-state index is 0.218. The number of nitrogens with one attached hydrogen (secondary N) is 1. The molecule has 2 heterocycles. The third-order valence-electron chi connectivity index (χ3n) is 4.92. The van der Waals surface area contributed by atoms with Gasteiger partial charge in [0, 0.05) is 25.1 Å². The summed E-state index contributed by atoms with van der Waals surface area (Å²) in [5.74, 6) is 2.78. The van der Waals surface area contributed by atoms with Gasteiger partial charge in [0.25, 0.3) is 0 Å². The molecule has 6 nitrogen and oxygen atoms in total. The maximum atomic E-state index is 12.5. The highest BCUT2D eigenvalue weighted by Crippen LogP contribution is 2.48. The van der Waals surface area contributed by atoms with Crippen molar-refractivity contribution in [2.45, 2.75) is 44.4 Å². The quantitative estimate of drug-likeness (QED) is 0.854. The van der Waals surface area contributed by atoms with Gasteiger partial charge in [0.15, 0.2) is 5.82 Å². The van der Waals surface area contributed by atoms with E-state index in [1.54, 1.807) is 0 Å². The molecule has 2 saturated carbocycles. The molecule has 1 amide bonds. The van der Waals surface area contributed by atoms with E-state index in [0.717, 1.165) is 43.6 Å². The topological polar surface area (TPSA) is 74.8 Å². The molecule has 0 unspecified atom stereocenters. The zero-order chi connectivity index (χ0) is 14.2. The molecule has 1 aromatic heterocycles. The number of aromatic amines is 1. The Hall–Kier alpha value is -1.72. The Morgan fingerprint density at radius 1 is 1.10 bits per heavy atom. The summed E-state index contributed by atoms with van der Waals surface area (Å²) in [5.41, 5.74) is 1.44. The summed E-state index contributed by atoms with van der Waals surface area (Å²) in [5, 5.41) is 14.2. The molecule has 0 atom stereocenters. The number of H-pyrrole nitrogens is 1. The van der Waals surface area contributed by atoms with Crippen LogP contribution in [0.5, 0.6) is 0 Å². The number of allylic oxidation sites excluding steroid dienone is 1. The maximum absolute atomic E-state index is 12.5. The molecule has 3 fully saturated rings. The fourth-order valence-electron chi connectivity index (χ4n) is 3.34. The summed E-state index contributed by atoms with van der Waals surface area (Å²) in [6, 6.07) is 0. The number of hydrogen-bond donors (Lipinski definition) is 1. The first-order valence-corrected chi connectivity index (χ1v) is 8.05. The predicted octanol–water partition coefficient (Wildman–Crippen LogP) is 1.65. The van der Waals surface area contributed by atoms with Crippen molar-refractivity contribution < 1.29 is 4.79 Å². The van der Waals surface area contributed by atoms with Crippen LogP contribution in [0.4, 0.5) is 0 Å². The van der Waals surface area contributed by atoms with Crippen LogP contribution in [0.15, 0.2) is 11.6 Å². The Kier molecular flexibility index (Phi) is 3.24. The van der Waals surface area contributed by atoms with Crippen LogP contribution in [-0.4, -0.2) is 44.5 Å². The third-order valence-corrected chi connectivity index (χ3v) is 4.92. The van der Waals surface area contributed by atoms with Gasteiger partial charge in [0.05, 0.1) is 0 Å². The first-order chi connectivity index (χ1) is 10.3. The Balaban J connectivity index is 1.37. The fraction of sp³-hybridized carbons (Fsp3) is 0.733. The van der Waals surface area contributed by atoms with E-state index >= 15 is 0 Å². The van der Waals surface area contributed by atoms with E-state index in [1.807, 2.05) is 11.0 Å². The van der Waals surface area contributed by atoms with Gasteiger partial charge in [0.2, 0.25) is 5.91 Å². The third kappa shape index (κ3) is 2.84. The van der Waals surface area contributed by atoms with Gasteiger partial charge < -0.3 is 4.90 Å². The Bertz CT molecular complexity index is 522. The van der Waals surface area contributed by atoms with E-state index in [9.17, 15) is 4.79 Å². The van der Waals surface area contributed by atoms with E-state index in [4.69, 9.17) is 0 Å². The van der Waals surface area contributed by atoms with Crippen LogP contribution in [-0.2, 0) is 4.79 Å². The zero-order valence-corrected chi connectivity index (χ0v) is 12.2. The molecule has 3 aliphatic rings. The van der Waals surface area contributed by atoms with E-state index < -0.39 is 0 Å². The molecule has 0 spiro atoms. The molecule has 112 valence electrons. The number of carbonyl (C=O) groups excluding carboxylic acids is 1. The zero-order valence-electron chi connectivity index (χ0n) is 12.2. The first kappa shape index (κ1) is 13.0. The molecule has 1 saturated heterocycles. The van der Waals surface area contributed by atoms with Gasteiger partial charge in [-0.1, -0.05) is 10.8 Å². The maximum Gasteiger partial charge on any atom is 0.246 e. The summed E-state index contributed by atoms with van der Waals surface area (Å²) >= 11 is 0. The second-order valence-corrected chi connectivity index (χ2v) is 6.56. The van der Waals surface area contributed by atoms with Crippen LogP contribution in [0, 0.1) is 11.8 Å². The van der Waals surface area contributed by atoms with Crippen molar-refractivity contribution in [2.24, 2.45) is 11.8 Å². The highest BCUT2D eigenvalue weighted by Gasteiger charge is 2.37. The van der Waals surface area contributed by atoms with Crippen molar-refractivity contribution in [2.75, 3.05) is 13.1 Å². The van der Waals surface area contributed by atoms with E-state index in [2.05, 4.69) is 20.6 Å². The fourth-order valence-corrected chi connectivity index (χ4v) is 3.34. The lowest BCUT2D eigenvalue weighted by atomic mass is 9.96. The molecular weight excluding hydrogens is 266 g/mol. The monoisotopic (exact) mass is 287 g/mol. The molecule has 1 aromatic rings. The Labute approximate surface area is 124 Å². The average molecular weight is 287 g/mol. The van der Waals surface area contributed by atoms with Crippen molar-refractivity contribution in [3.63, 3.8) is 0 Å². The van der Waals surface area contributed by atoms with Gasteiger partial charge >= 0.3 is 0 Å². The van der Waals surface area contributed by atoms with Gasteiger partial charge in [-0.25, -0.2) is 0 Å². The van der Waals surface area contributed by atoms with Gasteiger partial charge in [-0.3, -0.25) is 4.79 Å². The number of tetrazole rings is 1. The van der Waals surface area contributed by atoms with Crippen LogP contribution in [0.2, 0.25) is 0 Å². The summed E-state index contributed by atoms with van der Waals surface area (Å²) in [7, 11) is 0. The number of likely N-dealkylation sites (tertiary alicyclic amines) is 1. The molecule has 0 bridgehead atoms. The summed E-state index contributed by atoms with van der Waals surface area (Å²) in [6.45, 7) is 1.61. The Morgan fingerprint density at radius 3 is 2.29 bits per heavy atom. The minimum absolute atomic E-state index is 0.218. The number of aromatic nitrogens is 4. The molecule has 1 aliphatic heterocycles. The van der Waals surface area contributed by atoms with Gasteiger partial charge in [0.1, 0.15) is 0 Å². The van der Waals surface area contributed by atoms with Crippen molar-refractivity contribution in [3.05, 3.63) is 17.5 Å². The van der Waals surface area contributed by atoms with Crippen molar-refractivity contribution in [1.29, 1.82) is 0 Å². The predicted molar refractivity (Wildman–Crippen MR) is 76.3 cm³/mol. The second kappa shape index (κ2) is 5.24. The number of nitrogens with zero attached hydrogens (tertiary/aromatic N) is 4. The van der Waals surface area contributed by atoms with Crippen molar-refractivity contribution in [3.8, 4) is 0 Å². The molecule has 2 aliphatic carbocycles. The molecule has 21 heavy (non-hydrogen) atoms. The van der Waals surface area contributed by atoms with Crippen LogP contribution < -0.4 is 0 Å². The second-order valence-electron chi connectivity index (χ2n) is 6.56. The molecule has 0 aromatic carbocycles. The molecule has 6 heteroatoms. The molecule has 0 radical (unpaired) electrons. The number of hydrogen-bond acceptors (Lipinski definition) is 4. The van der Waals surface area contributed by atoms with Crippen LogP contribution in [0.1, 0.15) is 50.3 Å². The average Bonchev–Trinajstić information content (AvgIpc) is 3.44. The SMILES string of the molecule is O=C(C=C(C1CC1)C1CC1)N1CCC(c2nn[nH]n2)CC1. The number of rotatable bonds is 4. The lowest BCUT2D eigenvalue weighted by molar-refractivity contribution is -0.127. The van der Waals surface area contributed by atoms with Gasteiger partial charge in [-0.2, -0.15) is 5.21 Å². The van der Waals surface area contributed by atoms with E-state index in [0.29, 0.717) is 5.92 Å². The summed E-state index contributed by atoms with van der Waals surface area (Å²) < 4.78 is 0. The van der Waals surface area contributed by atoms with E-state index in [1.165, 1.54) is 31.3 Å². The number of amides is 1. The molecular formula is C15H21N5O. The molecule has 4 rings (SSSR count). The first-order valence-electron chi connectivity index (χ1n) is 8.05. The summed E-state index contributed by atoms with van der Waals surface area (Å²) in [4.78, 5) is 14.5. The number of piperidine rings is 1. The number of carbonyl (C=O) groups is 1. The summed E-state index contributed by atoms with van der Waals surface area (Å²) in [6.07, 6.45) is 8.97. The van der Waals surface area contributed by atoms with Crippen LogP contribution in [0.25, 0.3) is 0 Å². The normalized spacial score (nSPS) is 23.1. The van der Waals surface area contributed by atoms with Gasteiger partial charge in [-0.15, -0.1) is 10.2 Å². The highest BCUT2D eigenvalue weighted by atomic mass is 16.2. The van der Waals surface area contributed by atoms with Crippen LogP contribution in [0.3, 0.4) is 0 Å². The van der Waals surface area contributed by atoms with Crippen LogP contribution >= 0.6 is 0 Å². The lowest BCUT2D eigenvalue weighted by Gasteiger charge is -2.30. The molecule has 1 N–H and O–H groups in total. The largest absolute Gasteiger partial charge is 0.339 e. The lowest BCUT2D eigenvalue weighted by Crippen LogP contribution is -2.37. The Morgan fingerprint density at radius 2 is 1.76 bits per heavy atom. The van der Waals surface area contributed by atoms with Crippen molar-refractivity contribution >= 4 is 5.91 Å². The highest BCUT2D eigenvalue weighted by molar-refractivity contribution is 5.88. The minimum Gasteiger partial charge on any atom is -0.339 e. The van der Waals surface area contributed by atoms with Crippen molar-refractivity contribution in [1.82, 2.24) is 25.5 Å².